The molecule has 0 saturated heterocycles. The highest BCUT2D eigenvalue weighted by atomic mass is 16.5. The second-order valence-corrected chi connectivity index (χ2v) is 6.40. The standard InChI is InChI=1S/C18H29NO2/c1-5-21-18(10-8-13(2)9-11-18)17(19)15-12-14(3)6-7-16(15)20-4/h6-7,12-13,17H,5,8-11,19H2,1-4H3. The van der Waals surface area contributed by atoms with Crippen molar-refractivity contribution in [2.75, 3.05) is 13.7 Å². The predicted octanol–water partition coefficient (Wildman–Crippen LogP) is 3.99. The zero-order chi connectivity index (χ0) is 15.5. The van der Waals surface area contributed by atoms with Crippen molar-refractivity contribution in [2.24, 2.45) is 11.7 Å². The fourth-order valence-electron chi connectivity index (χ4n) is 3.46. The SMILES string of the molecule is CCOC1(C(N)c2cc(C)ccc2OC)CCC(C)CC1. The summed E-state index contributed by atoms with van der Waals surface area (Å²) in [4.78, 5) is 0. The summed E-state index contributed by atoms with van der Waals surface area (Å²) in [5, 5.41) is 0. The van der Waals surface area contributed by atoms with Crippen LogP contribution in [0.3, 0.4) is 0 Å². The van der Waals surface area contributed by atoms with Gasteiger partial charge in [-0.15, -0.1) is 0 Å². The third-order valence-corrected chi connectivity index (χ3v) is 4.84. The van der Waals surface area contributed by atoms with Gasteiger partial charge in [-0.25, -0.2) is 0 Å². The molecule has 1 atom stereocenters. The molecular formula is C18H29NO2. The molecular weight excluding hydrogens is 262 g/mol. The minimum absolute atomic E-state index is 0.139. The van der Waals surface area contributed by atoms with Crippen molar-refractivity contribution in [1.82, 2.24) is 0 Å². The van der Waals surface area contributed by atoms with E-state index >= 15 is 0 Å². The van der Waals surface area contributed by atoms with Crippen molar-refractivity contribution in [3.05, 3.63) is 29.3 Å². The van der Waals surface area contributed by atoms with Gasteiger partial charge in [0.1, 0.15) is 5.75 Å². The van der Waals surface area contributed by atoms with E-state index < -0.39 is 0 Å². The number of hydrogen-bond acceptors (Lipinski definition) is 3. The highest BCUT2D eigenvalue weighted by Crippen LogP contribution is 2.44. The summed E-state index contributed by atoms with van der Waals surface area (Å²) < 4.78 is 11.7. The lowest BCUT2D eigenvalue weighted by atomic mass is 9.73. The maximum absolute atomic E-state index is 6.68. The summed E-state index contributed by atoms with van der Waals surface area (Å²) in [6.45, 7) is 7.16. The molecule has 0 amide bonds. The van der Waals surface area contributed by atoms with Crippen molar-refractivity contribution >= 4 is 0 Å². The molecule has 1 aliphatic carbocycles. The Morgan fingerprint density at radius 1 is 1.33 bits per heavy atom. The fourth-order valence-corrected chi connectivity index (χ4v) is 3.46. The average molecular weight is 291 g/mol. The highest BCUT2D eigenvalue weighted by molar-refractivity contribution is 5.40. The lowest BCUT2D eigenvalue weighted by Crippen LogP contribution is -2.46. The molecule has 0 aromatic heterocycles. The maximum atomic E-state index is 6.68. The Kier molecular flexibility index (Phi) is 5.28. The molecule has 1 unspecified atom stereocenters. The highest BCUT2D eigenvalue weighted by Gasteiger charge is 2.42. The van der Waals surface area contributed by atoms with Gasteiger partial charge in [0.2, 0.25) is 0 Å². The van der Waals surface area contributed by atoms with Crippen molar-refractivity contribution in [3.63, 3.8) is 0 Å². The third kappa shape index (κ3) is 3.41. The van der Waals surface area contributed by atoms with Crippen LogP contribution in [-0.2, 0) is 4.74 Å². The first-order chi connectivity index (χ1) is 10.0. The summed E-state index contributed by atoms with van der Waals surface area (Å²) in [6.07, 6.45) is 4.42. The first kappa shape index (κ1) is 16.3. The van der Waals surface area contributed by atoms with Gasteiger partial charge < -0.3 is 15.2 Å². The van der Waals surface area contributed by atoms with E-state index in [0.717, 1.165) is 30.1 Å². The van der Waals surface area contributed by atoms with Gasteiger partial charge in [0.05, 0.1) is 18.8 Å². The molecule has 118 valence electrons. The van der Waals surface area contributed by atoms with E-state index in [9.17, 15) is 0 Å². The van der Waals surface area contributed by atoms with Crippen LogP contribution in [0.15, 0.2) is 18.2 Å². The van der Waals surface area contributed by atoms with E-state index in [1.165, 1.54) is 18.4 Å². The van der Waals surface area contributed by atoms with Crippen LogP contribution in [-0.4, -0.2) is 19.3 Å². The van der Waals surface area contributed by atoms with Gasteiger partial charge in [0.15, 0.2) is 0 Å². The number of aryl methyl sites for hydroxylation is 1. The molecule has 3 nitrogen and oxygen atoms in total. The smallest absolute Gasteiger partial charge is 0.123 e. The number of methoxy groups -OCH3 is 1. The van der Waals surface area contributed by atoms with Gasteiger partial charge in [0, 0.05) is 12.2 Å². The first-order valence-corrected chi connectivity index (χ1v) is 8.06. The topological polar surface area (TPSA) is 44.5 Å². The van der Waals surface area contributed by atoms with Crippen LogP contribution in [0, 0.1) is 12.8 Å². The predicted molar refractivity (Wildman–Crippen MR) is 86.6 cm³/mol. The van der Waals surface area contributed by atoms with E-state index in [0.29, 0.717) is 6.61 Å². The first-order valence-electron chi connectivity index (χ1n) is 8.06. The second-order valence-electron chi connectivity index (χ2n) is 6.40. The number of rotatable bonds is 5. The van der Waals surface area contributed by atoms with Crippen LogP contribution in [0.4, 0.5) is 0 Å². The van der Waals surface area contributed by atoms with E-state index in [4.69, 9.17) is 15.2 Å². The summed E-state index contributed by atoms with van der Waals surface area (Å²) >= 11 is 0. The quantitative estimate of drug-likeness (QED) is 0.892. The average Bonchev–Trinajstić information content (AvgIpc) is 2.49. The molecule has 2 N–H and O–H groups in total. The Bertz CT molecular complexity index is 464. The molecule has 0 bridgehead atoms. The summed E-state index contributed by atoms with van der Waals surface area (Å²) in [5.41, 5.74) is 8.70. The van der Waals surface area contributed by atoms with Crippen LogP contribution in [0.2, 0.25) is 0 Å². The monoisotopic (exact) mass is 291 g/mol. The minimum Gasteiger partial charge on any atom is -0.496 e. The van der Waals surface area contributed by atoms with Gasteiger partial charge >= 0.3 is 0 Å². The number of benzene rings is 1. The summed E-state index contributed by atoms with van der Waals surface area (Å²) in [7, 11) is 1.71. The Morgan fingerprint density at radius 3 is 2.57 bits per heavy atom. The molecule has 0 heterocycles. The molecule has 1 aromatic rings. The molecule has 1 fully saturated rings. The normalized spacial score (nSPS) is 27.4. The van der Waals surface area contributed by atoms with Crippen molar-refractivity contribution in [3.8, 4) is 5.75 Å². The van der Waals surface area contributed by atoms with E-state index in [1.54, 1.807) is 7.11 Å². The summed E-state index contributed by atoms with van der Waals surface area (Å²) in [5.74, 6) is 1.64. The fraction of sp³-hybridized carbons (Fsp3) is 0.667. The second kappa shape index (κ2) is 6.80. The van der Waals surface area contributed by atoms with Crippen LogP contribution in [0.5, 0.6) is 5.75 Å². The van der Waals surface area contributed by atoms with Crippen LogP contribution < -0.4 is 10.5 Å². The molecule has 0 spiro atoms. The van der Waals surface area contributed by atoms with Gasteiger partial charge in [-0.1, -0.05) is 24.6 Å². The zero-order valence-electron chi connectivity index (χ0n) is 13.8. The van der Waals surface area contributed by atoms with E-state index in [2.05, 4.69) is 32.9 Å². The Morgan fingerprint density at radius 2 is 2.00 bits per heavy atom. The molecule has 0 aliphatic heterocycles. The van der Waals surface area contributed by atoms with Crippen LogP contribution in [0.25, 0.3) is 0 Å². The number of hydrogen-bond donors (Lipinski definition) is 1. The number of nitrogens with two attached hydrogens (primary N) is 1. The van der Waals surface area contributed by atoms with Crippen LogP contribution >= 0.6 is 0 Å². The lowest BCUT2D eigenvalue weighted by molar-refractivity contribution is -0.0899. The Balaban J connectivity index is 2.34. The third-order valence-electron chi connectivity index (χ3n) is 4.84. The molecule has 1 aliphatic rings. The maximum Gasteiger partial charge on any atom is 0.123 e. The lowest BCUT2D eigenvalue weighted by Gasteiger charge is -2.43. The molecule has 1 saturated carbocycles. The zero-order valence-corrected chi connectivity index (χ0v) is 13.8. The molecule has 2 rings (SSSR count). The van der Waals surface area contributed by atoms with Gasteiger partial charge in [-0.2, -0.15) is 0 Å². The van der Waals surface area contributed by atoms with Crippen molar-refractivity contribution in [1.29, 1.82) is 0 Å². The van der Waals surface area contributed by atoms with E-state index in [1.807, 2.05) is 6.07 Å². The molecule has 21 heavy (non-hydrogen) atoms. The van der Waals surface area contributed by atoms with Gasteiger partial charge in [0.25, 0.3) is 0 Å². The van der Waals surface area contributed by atoms with E-state index in [-0.39, 0.29) is 11.6 Å². The molecule has 1 aromatic carbocycles. The van der Waals surface area contributed by atoms with Crippen molar-refractivity contribution in [2.45, 2.75) is 58.1 Å². The Hall–Kier alpha value is -1.06. The molecule has 3 heteroatoms. The van der Waals surface area contributed by atoms with Crippen molar-refractivity contribution < 1.29 is 9.47 Å². The van der Waals surface area contributed by atoms with Crippen LogP contribution in [0.1, 0.15) is 56.7 Å². The van der Waals surface area contributed by atoms with Gasteiger partial charge in [-0.3, -0.25) is 0 Å². The number of ether oxygens (including phenoxy) is 2. The Labute approximate surface area is 128 Å². The van der Waals surface area contributed by atoms with Gasteiger partial charge in [-0.05, 0) is 51.5 Å². The minimum atomic E-state index is -0.248. The molecule has 0 radical (unpaired) electrons. The summed E-state index contributed by atoms with van der Waals surface area (Å²) in [6, 6.07) is 6.07. The largest absolute Gasteiger partial charge is 0.496 e.